The van der Waals surface area contributed by atoms with Gasteiger partial charge in [-0.1, -0.05) is 11.6 Å². The molecule has 0 bridgehead atoms. The van der Waals surface area contributed by atoms with Gasteiger partial charge >= 0.3 is 5.97 Å². The van der Waals surface area contributed by atoms with Gasteiger partial charge < -0.3 is 10.1 Å². The summed E-state index contributed by atoms with van der Waals surface area (Å²) >= 11 is 5.81. The molecule has 1 aromatic heterocycles. The van der Waals surface area contributed by atoms with E-state index in [4.69, 9.17) is 16.3 Å². The van der Waals surface area contributed by atoms with Crippen LogP contribution in [-0.4, -0.2) is 29.3 Å². The maximum absolute atomic E-state index is 12.2. The molecule has 3 rings (SSSR count). The maximum Gasteiger partial charge on any atom is 0.341 e. The Labute approximate surface area is 142 Å². The molecule has 0 unspecified atom stereocenters. The Kier molecular flexibility index (Phi) is 4.31. The van der Waals surface area contributed by atoms with E-state index in [-0.39, 0.29) is 28.3 Å². The predicted octanol–water partition coefficient (Wildman–Crippen LogP) is 2.83. The summed E-state index contributed by atoms with van der Waals surface area (Å²) in [5.41, 5.74) is 1.93. The SMILES string of the molecule is C[C@H]1C(=O)Nc2ccc(C(=O)COC(=O)c3cccnc3Cl)cc21. The van der Waals surface area contributed by atoms with Crippen molar-refractivity contribution in [2.75, 3.05) is 11.9 Å². The van der Waals surface area contributed by atoms with Gasteiger partial charge in [0, 0.05) is 17.4 Å². The molecule has 0 saturated carbocycles. The van der Waals surface area contributed by atoms with Crippen molar-refractivity contribution in [2.45, 2.75) is 12.8 Å². The monoisotopic (exact) mass is 344 g/mol. The number of halogens is 1. The van der Waals surface area contributed by atoms with Gasteiger partial charge in [-0.15, -0.1) is 0 Å². The Morgan fingerprint density at radius 1 is 1.33 bits per heavy atom. The molecule has 2 aromatic rings. The van der Waals surface area contributed by atoms with Crippen molar-refractivity contribution >= 4 is 34.9 Å². The summed E-state index contributed by atoms with van der Waals surface area (Å²) in [7, 11) is 0. The molecule has 122 valence electrons. The van der Waals surface area contributed by atoms with E-state index in [2.05, 4.69) is 10.3 Å². The van der Waals surface area contributed by atoms with Crippen LogP contribution in [0.25, 0.3) is 0 Å². The number of anilines is 1. The molecule has 1 atom stereocenters. The van der Waals surface area contributed by atoms with Crippen molar-refractivity contribution in [3.05, 3.63) is 58.4 Å². The summed E-state index contributed by atoms with van der Waals surface area (Å²) in [4.78, 5) is 39.6. The van der Waals surface area contributed by atoms with Crippen LogP contribution in [0.4, 0.5) is 5.69 Å². The number of hydrogen-bond donors (Lipinski definition) is 1. The highest BCUT2D eigenvalue weighted by atomic mass is 35.5. The van der Waals surface area contributed by atoms with Crippen LogP contribution in [0, 0.1) is 0 Å². The first-order valence-electron chi connectivity index (χ1n) is 7.23. The third-order valence-electron chi connectivity index (χ3n) is 3.80. The number of fused-ring (bicyclic) bond motifs is 1. The number of hydrogen-bond acceptors (Lipinski definition) is 5. The number of carbonyl (C=O) groups is 3. The molecule has 24 heavy (non-hydrogen) atoms. The lowest BCUT2D eigenvalue weighted by atomic mass is 9.99. The normalized spacial score (nSPS) is 15.6. The Hall–Kier alpha value is -2.73. The van der Waals surface area contributed by atoms with E-state index in [0.717, 1.165) is 5.56 Å². The van der Waals surface area contributed by atoms with Crippen molar-refractivity contribution in [3.63, 3.8) is 0 Å². The van der Waals surface area contributed by atoms with E-state index in [1.165, 1.54) is 12.3 Å². The fourth-order valence-corrected chi connectivity index (χ4v) is 2.62. The molecule has 1 aliphatic rings. The minimum Gasteiger partial charge on any atom is -0.454 e. The number of carbonyl (C=O) groups excluding carboxylic acids is 3. The van der Waals surface area contributed by atoms with Crippen molar-refractivity contribution < 1.29 is 19.1 Å². The second kappa shape index (κ2) is 6.41. The Morgan fingerprint density at radius 2 is 2.12 bits per heavy atom. The number of nitrogens with zero attached hydrogens (tertiary/aromatic N) is 1. The lowest BCUT2D eigenvalue weighted by molar-refractivity contribution is -0.116. The molecule has 0 saturated heterocycles. The maximum atomic E-state index is 12.2. The summed E-state index contributed by atoms with van der Waals surface area (Å²) in [5.74, 6) is -1.50. The third-order valence-corrected chi connectivity index (χ3v) is 4.11. The summed E-state index contributed by atoms with van der Waals surface area (Å²) in [6.45, 7) is 1.35. The van der Waals surface area contributed by atoms with Gasteiger partial charge in [0.25, 0.3) is 0 Å². The molecule has 0 radical (unpaired) electrons. The Balaban J connectivity index is 1.69. The standard InChI is InChI=1S/C17H13ClN2O4/c1-9-12-7-10(4-5-13(12)20-16(9)22)14(21)8-24-17(23)11-3-2-6-19-15(11)18/h2-7,9H,8H2,1H3,(H,20,22)/t9-/m1/s1. The number of nitrogens with one attached hydrogen (secondary N) is 1. The van der Waals surface area contributed by atoms with Gasteiger partial charge in [-0.25, -0.2) is 9.78 Å². The second-order valence-corrected chi connectivity index (χ2v) is 5.71. The van der Waals surface area contributed by atoms with Gasteiger partial charge in [0.15, 0.2) is 12.4 Å². The average Bonchev–Trinajstić information content (AvgIpc) is 2.87. The first-order chi connectivity index (χ1) is 11.5. The molecule has 1 N–H and O–H groups in total. The van der Waals surface area contributed by atoms with Crippen LogP contribution in [-0.2, 0) is 9.53 Å². The zero-order chi connectivity index (χ0) is 17.3. The molecule has 1 aliphatic heterocycles. The minimum absolute atomic E-state index is 0.0193. The van der Waals surface area contributed by atoms with E-state index in [0.29, 0.717) is 11.3 Å². The Morgan fingerprint density at radius 3 is 2.88 bits per heavy atom. The van der Waals surface area contributed by atoms with Crippen LogP contribution in [0.15, 0.2) is 36.5 Å². The second-order valence-electron chi connectivity index (χ2n) is 5.35. The number of ether oxygens (including phenoxy) is 1. The molecule has 0 aliphatic carbocycles. The first kappa shape index (κ1) is 16.1. The number of ketones is 1. The fourth-order valence-electron chi connectivity index (χ4n) is 2.42. The molecule has 1 aromatic carbocycles. The largest absolute Gasteiger partial charge is 0.454 e. The van der Waals surface area contributed by atoms with Gasteiger partial charge in [-0.2, -0.15) is 0 Å². The Bertz CT molecular complexity index is 850. The highest BCUT2D eigenvalue weighted by Crippen LogP contribution is 2.32. The fraction of sp³-hybridized carbons (Fsp3) is 0.176. The van der Waals surface area contributed by atoms with Crippen LogP contribution in [0.1, 0.15) is 39.1 Å². The van der Waals surface area contributed by atoms with E-state index >= 15 is 0 Å². The molecule has 0 spiro atoms. The van der Waals surface area contributed by atoms with Gasteiger partial charge in [-0.3, -0.25) is 9.59 Å². The highest BCUT2D eigenvalue weighted by molar-refractivity contribution is 6.32. The molecule has 2 heterocycles. The number of amides is 1. The quantitative estimate of drug-likeness (QED) is 0.523. The van der Waals surface area contributed by atoms with Crippen LogP contribution in [0.3, 0.4) is 0 Å². The van der Waals surface area contributed by atoms with E-state index in [1.807, 2.05) is 0 Å². The minimum atomic E-state index is -0.715. The van der Waals surface area contributed by atoms with E-state index in [1.54, 1.807) is 31.2 Å². The molecule has 6 nitrogen and oxygen atoms in total. The van der Waals surface area contributed by atoms with Gasteiger partial charge in [0.05, 0.1) is 11.5 Å². The lowest BCUT2D eigenvalue weighted by Gasteiger charge is -2.07. The third kappa shape index (κ3) is 3.00. The average molecular weight is 345 g/mol. The van der Waals surface area contributed by atoms with Crippen molar-refractivity contribution in [1.29, 1.82) is 0 Å². The number of aromatic nitrogens is 1. The van der Waals surface area contributed by atoms with E-state index < -0.39 is 12.6 Å². The summed E-state index contributed by atoms with van der Waals surface area (Å²) in [6.07, 6.45) is 1.45. The molecular weight excluding hydrogens is 332 g/mol. The van der Waals surface area contributed by atoms with Crippen LogP contribution in [0.2, 0.25) is 5.15 Å². The van der Waals surface area contributed by atoms with Gasteiger partial charge in [0.1, 0.15) is 5.15 Å². The zero-order valence-electron chi connectivity index (χ0n) is 12.7. The number of pyridine rings is 1. The molecule has 1 amide bonds. The van der Waals surface area contributed by atoms with Crippen LogP contribution < -0.4 is 5.32 Å². The van der Waals surface area contributed by atoms with E-state index in [9.17, 15) is 14.4 Å². The number of esters is 1. The number of Topliss-reactive ketones (excluding diaryl/α,β-unsaturated/α-hetero) is 1. The highest BCUT2D eigenvalue weighted by Gasteiger charge is 2.27. The van der Waals surface area contributed by atoms with Crippen LogP contribution >= 0.6 is 11.6 Å². The molecule has 7 heteroatoms. The molecular formula is C17H13ClN2O4. The summed E-state index contributed by atoms with van der Waals surface area (Å²) in [5, 5.41) is 2.75. The van der Waals surface area contributed by atoms with Crippen molar-refractivity contribution in [2.24, 2.45) is 0 Å². The first-order valence-corrected chi connectivity index (χ1v) is 7.61. The van der Waals surface area contributed by atoms with Crippen molar-refractivity contribution in [3.8, 4) is 0 Å². The van der Waals surface area contributed by atoms with Crippen molar-refractivity contribution in [1.82, 2.24) is 4.98 Å². The zero-order valence-corrected chi connectivity index (χ0v) is 13.5. The lowest BCUT2D eigenvalue weighted by Crippen LogP contribution is -2.15. The van der Waals surface area contributed by atoms with Gasteiger partial charge in [-0.05, 0) is 42.8 Å². The summed E-state index contributed by atoms with van der Waals surface area (Å²) in [6, 6.07) is 7.92. The predicted molar refractivity (Wildman–Crippen MR) is 87.3 cm³/mol. The van der Waals surface area contributed by atoms with Crippen LogP contribution in [0.5, 0.6) is 0 Å². The molecule has 0 fully saturated rings. The van der Waals surface area contributed by atoms with Gasteiger partial charge in [0.2, 0.25) is 5.91 Å². The summed E-state index contributed by atoms with van der Waals surface area (Å²) < 4.78 is 5.00. The number of rotatable bonds is 4. The number of benzene rings is 1. The topological polar surface area (TPSA) is 85.4 Å². The smallest absolute Gasteiger partial charge is 0.341 e.